The maximum atomic E-state index is 11.8. The van der Waals surface area contributed by atoms with Gasteiger partial charge in [0.05, 0.1) is 14.2 Å². The molecule has 1 atom stereocenters. The molecule has 0 amide bonds. The first-order valence-electron chi connectivity index (χ1n) is 5.27. The van der Waals surface area contributed by atoms with Gasteiger partial charge in [-0.15, -0.1) is 0 Å². The zero-order valence-corrected chi connectivity index (χ0v) is 10.4. The highest BCUT2D eigenvalue weighted by molar-refractivity contribution is 6.39. The van der Waals surface area contributed by atoms with Crippen LogP contribution in [0.15, 0.2) is 24.3 Å². The summed E-state index contributed by atoms with van der Waals surface area (Å²) < 4.78 is 8.90. The third-order valence-electron chi connectivity index (χ3n) is 2.46. The molecular weight excluding hydrogens is 236 g/mol. The normalized spacial score (nSPS) is 11.5. The Morgan fingerprint density at radius 1 is 1.11 bits per heavy atom. The molecule has 0 radical (unpaired) electrons. The second-order valence-corrected chi connectivity index (χ2v) is 3.73. The average Bonchev–Trinajstić information content (AvgIpc) is 2.37. The van der Waals surface area contributed by atoms with Crippen molar-refractivity contribution in [2.75, 3.05) is 14.2 Å². The minimum Gasteiger partial charge on any atom is -0.468 e. The van der Waals surface area contributed by atoms with E-state index in [9.17, 15) is 14.4 Å². The van der Waals surface area contributed by atoms with E-state index >= 15 is 0 Å². The van der Waals surface area contributed by atoms with Crippen molar-refractivity contribution in [1.82, 2.24) is 0 Å². The zero-order chi connectivity index (χ0) is 13.7. The molecule has 18 heavy (non-hydrogen) atoms. The number of esters is 2. The van der Waals surface area contributed by atoms with Gasteiger partial charge in [0.2, 0.25) is 0 Å². The van der Waals surface area contributed by atoms with Gasteiger partial charge >= 0.3 is 11.9 Å². The van der Waals surface area contributed by atoms with Crippen LogP contribution in [-0.4, -0.2) is 31.9 Å². The number of hydrogen-bond acceptors (Lipinski definition) is 5. The quantitative estimate of drug-likeness (QED) is 0.453. The van der Waals surface area contributed by atoms with Crippen molar-refractivity contribution in [3.8, 4) is 0 Å². The molecule has 0 saturated heterocycles. The van der Waals surface area contributed by atoms with Gasteiger partial charge in [0, 0.05) is 0 Å². The Hall–Kier alpha value is -2.17. The Labute approximate surface area is 105 Å². The third-order valence-corrected chi connectivity index (χ3v) is 2.46. The topological polar surface area (TPSA) is 69.7 Å². The van der Waals surface area contributed by atoms with Crippen LogP contribution in [-0.2, 0) is 23.9 Å². The van der Waals surface area contributed by atoms with Crippen LogP contribution >= 0.6 is 0 Å². The number of Topliss-reactive ketones (excluding diaryl/α,β-unsaturated/α-hetero) is 1. The Bertz CT molecular complexity index is 478. The van der Waals surface area contributed by atoms with Crippen LogP contribution in [0.4, 0.5) is 0 Å². The number of benzene rings is 1. The summed E-state index contributed by atoms with van der Waals surface area (Å²) in [4.78, 5) is 34.7. The zero-order valence-electron chi connectivity index (χ0n) is 10.4. The molecule has 0 aliphatic rings. The molecule has 0 N–H and O–H groups in total. The van der Waals surface area contributed by atoms with E-state index in [1.54, 1.807) is 18.2 Å². The van der Waals surface area contributed by atoms with Gasteiger partial charge < -0.3 is 9.47 Å². The largest absolute Gasteiger partial charge is 0.468 e. The van der Waals surface area contributed by atoms with E-state index in [2.05, 4.69) is 9.47 Å². The van der Waals surface area contributed by atoms with Crippen LogP contribution in [0, 0.1) is 6.92 Å². The summed E-state index contributed by atoms with van der Waals surface area (Å²) >= 11 is 0. The Kier molecular flexibility index (Phi) is 4.59. The summed E-state index contributed by atoms with van der Waals surface area (Å²) in [5, 5.41) is 0. The highest BCUT2D eigenvalue weighted by Gasteiger charge is 2.34. The highest BCUT2D eigenvalue weighted by atomic mass is 16.5. The first kappa shape index (κ1) is 13.9. The van der Waals surface area contributed by atoms with E-state index in [0.29, 0.717) is 5.56 Å². The molecule has 1 aromatic carbocycles. The third kappa shape index (κ3) is 2.94. The van der Waals surface area contributed by atoms with E-state index in [4.69, 9.17) is 0 Å². The number of ether oxygens (including phenoxy) is 2. The van der Waals surface area contributed by atoms with Crippen LogP contribution in [0.5, 0.6) is 0 Å². The van der Waals surface area contributed by atoms with Crippen molar-refractivity contribution in [3.63, 3.8) is 0 Å². The second-order valence-electron chi connectivity index (χ2n) is 3.73. The molecular formula is C13H14O5. The molecule has 5 heteroatoms. The molecule has 96 valence electrons. The number of carbonyl (C=O) groups is 3. The number of hydrogen-bond donors (Lipinski definition) is 0. The van der Waals surface area contributed by atoms with Gasteiger partial charge in [-0.1, -0.05) is 29.8 Å². The van der Waals surface area contributed by atoms with Gasteiger partial charge in [-0.2, -0.15) is 0 Å². The van der Waals surface area contributed by atoms with Gasteiger partial charge in [0.25, 0.3) is 5.78 Å². The molecule has 1 rings (SSSR count). The molecule has 0 spiro atoms. The van der Waals surface area contributed by atoms with E-state index in [-0.39, 0.29) is 0 Å². The van der Waals surface area contributed by atoms with Crippen LogP contribution in [0.2, 0.25) is 0 Å². The fourth-order valence-corrected chi connectivity index (χ4v) is 1.58. The maximum absolute atomic E-state index is 11.8. The van der Waals surface area contributed by atoms with Crippen molar-refractivity contribution in [3.05, 3.63) is 35.4 Å². The Balaban J connectivity index is 3.18. The predicted molar refractivity (Wildman–Crippen MR) is 63.0 cm³/mol. The summed E-state index contributed by atoms with van der Waals surface area (Å²) in [5.41, 5.74) is 1.29. The SMILES string of the molecule is COC(=O)C(=O)C(C(=O)OC)c1cccc(C)c1. The lowest BCUT2D eigenvalue weighted by molar-refractivity contribution is -0.157. The van der Waals surface area contributed by atoms with Crippen molar-refractivity contribution < 1.29 is 23.9 Å². The Morgan fingerprint density at radius 2 is 1.78 bits per heavy atom. The fraction of sp³-hybridized carbons (Fsp3) is 0.308. The number of ketones is 1. The molecule has 0 fully saturated rings. The van der Waals surface area contributed by atoms with Crippen LogP contribution in [0.25, 0.3) is 0 Å². The molecule has 0 saturated carbocycles. The highest BCUT2D eigenvalue weighted by Crippen LogP contribution is 2.20. The predicted octanol–water partition coefficient (Wildman–Crippen LogP) is 0.994. The summed E-state index contributed by atoms with van der Waals surface area (Å²) in [7, 11) is 2.25. The number of methoxy groups -OCH3 is 2. The second kappa shape index (κ2) is 5.95. The molecule has 0 heterocycles. The molecule has 0 aliphatic heterocycles. The summed E-state index contributed by atoms with van der Waals surface area (Å²) in [6.07, 6.45) is 0. The van der Waals surface area contributed by atoms with Gasteiger partial charge in [-0.25, -0.2) is 4.79 Å². The van der Waals surface area contributed by atoms with Gasteiger partial charge in [-0.3, -0.25) is 9.59 Å². The maximum Gasteiger partial charge on any atom is 0.375 e. The van der Waals surface area contributed by atoms with Crippen LogP contribution < -0.4 is 0 Å². The minimum absolute atomic E-state index is 0.414. The van der Waals surface area contributed by atoms with Crippen molar-refractivity contribution in [2.45, 2.75) is 12.8 Å². The molecule has 5 nitrogen and oxygen atoms in total. The molecule has 0 aliphatic carbocycles. The van der Waals surface area contributed by atoms with E-state index in [1.807, 2.05) is 13.0 Å². The van der Waals surface area contributed by atoms with Crippen LogP contribution in [0.1, 0.15) is 17.0 Å². The summed E-state index contributed by atoms with van der Waals surface area (Å²) in [6.45, 7) is 1.82. The summed E-state index contributed by atoms with van der Waals surface area (Å²) in [5.74, 6) is -4.06. The molecule has 1 unspecified atom stereocenters. The smallest absolute Gasteiger partial charge is 0.375 e. The van der Waals surface area contributed by atoms with Crippen molar-refractivity contribution in [2.24, 2.45) is 0 Å². The first-order chi connectivity index (χ1) is 8.51. The lowest BCUT2D eigenvalue weighted by Crippen LogP contribution is -2.30. The number of rotatable bonds is 4. The van der Waals surface area contributed by atoms with Crippen molar-refractivity contribution in [1.29, 1.82) is 0 Å². The molecule has 0 aromatic heterocycles. The molecule has 0 bridgehead atoms. The van der Waals surface area contributed by atoms with E-state index in [0.717, 1.165) is 19.8 Å². The van der Waals surface area contributed by atoms with Gasteiger partial charge in [0.15, 0.2) is 5.92 Å². The minimum atomic E-state index is -1.28. The fourth-order valence-electron chi connectivity index (χ4n) is 1.58. The standard InChI is InChI=1S/C13H14O5/c1-8-5-4-6-9(7-8)10(12(15)17-2)11(14)13(16)18-3/h4-7,10H,1-3H3. The summed E-state index contributed by atoms with van der Waals surface area (Å²) in [6, 6.07) is 6.77. The van der Waals surface area contributed by atoms with Gasteiger partial charge in [-0.05, 0) is 12.5 Å². The van der Waals surface area contributed by atoms with E-state index in [1.165, 1.54) is 0 Å². The number of aryl methyl sites for hydroxylation is 1. The lowest BCUT2D eigenvalue weighted by Gasteiger charge is -2.13. The lowest BCUT2D eigenvalue weighted by atomic mass is 9.93. The van der Waals surface area contributed by atoms with E-state index < -0.39 is 23.6 Å². The Morgan fingerprint density at radius 3 is 2.28 bits per heavy atom. The number of carbonyl (C=O) groups excluding carboxylic acids is 3. The average molecular weight is 250 g/mol. The van der Waals surface area contributed by atoms with Gasteiger partial charge in [0.1, 0.15) is 0 Å². The van der Waals surface area contributed by atoms with Crippen molar-refractivity contribution >= 4 is 17.7 Å². The van der Waals surface area contributed by atoms with Crippen LogP contribution in [0.3, 0.4) is 0 Å². The monoisotopic (exact) mass is 250 g/mol. The molecule has 1 aromatic rings. The first-order valence-corrected chi connectivity index (χ1v) is 5.27.